The zero-order valence-corrected chi connectivity index (χ0v) is 32.1. The molecule has 25 heteroatoms. The minimum Gasteiger partial charge on any atom is -0.790 e. The van der Waals surface area contributed by atoms with Crippen LogP contribution < -0.4 is 144 Å². The minimum absolute atomic E-state index is 0. The number of nitrogen functional groups attached to an aromatic ring is 1. The van der Waals surface area contributed by atoms with E-state index in [1.807, 2.05) is 0 Å². The molecule has 4 N–H and O–H groups in total. The number of rotatable bonds is 9. The normalized spacial score (nSPS) is 23.6. The van der Waals surface area contributed by atoms with Crippen LogP contribution in [0, 0.1) is 0 Å². The van der Waals surface area contributed by atoms with E-state index < -0.39 is 54.6 Å². The van der Waals surface area contributed by atoms with Crippen molar-refractivity contribution in [1.29, 1.82) is 0 Å². The Balaban J connectivity index is 0.00000380. The maximum atomic E-state index is 11.8. The molecule has 0 saturated carbocycles. The molecule has 0 spiro atoms. The first-order valence-corrected chi connectivity index (χ1v) is 13.9. The van der Waals surface area contributed by atoms with Gasteiger partial charge in [-0.15, -0.1) is 0 Å². The standard InChI is InChI=1S/C15H19N4O14P3.4Na/c16-13-10-7(8-2-1-3-29-8)4-19(14(10)18-6-17-13)15-12(21)11(20)9(31-15)5-30-35(25,26)33-36(27,28)32-34(22,23)24;;;;/h1-4,6,9,11-12,15,20-21H,5H2,(H,25,26)(H,27,28)(H2,16,17,18)(H2,22,23,24);;;;/q;4*+1/p-4/t9-,11-,12-,15-;;;;/m1..../s1. The Bertz CT molecular complexity index is 1410. The van der Waals surface area contributed by atoms with Crippen LogP contribution in [0.4, 0.5) is 5.82 Å². The summed E-state index contributed by atoms with van der Waals surface area (Å²) in [6.45, 7) is -1.09. The van der Waals surface area contributed by atoms with E-state index in [0.717, 1.165) is 6.33 Å². The summed E-state index contributed by atoms with van der Waals surface area (Å²) in [6, 6.07) is 3.23. The Kier molecular flexibility index (Phi) is 17.3. The molecule has 1 aliphatic heterocycles. The summed E-state index contributed by atoms with van der Waals surface area (Å²) in [6.07, 6.45) is -2.41. The number of fused-ring (bicyclic) bond motifs is 1. The van der Waals surface area contributed by atoms with E-state index in [0.29, 0.717) is 16.7 Å². The molecule has 3 aromatic rings. The van der Waals surface area contributed by atoms with Crippen molar-refractivity contribution in [3.05, 3.63) is 30.9 Å². The number of hydrogen-bond donors (Lipinski definition) is 3. The van der Waals surface area contributed by atoms with Gasteiger partial charge in [0.2, 0.25) is 0 Å². The SMILES string of the molecule is Nc1ncnc2c1c(-c1ccco1)cn2[C@@H]1O[C@H](COP(=O)([O-])OP(=O)([O-])OP(=O)([O-])[O-])[C@@H](O)[C@H]1O.[Na+].[Na+].[Na+].[Na+]. The number of aliphatic hydroxyl groups is 2. The first-order valence-electron chi connectivity index (χ1n) is 9.55. The molecule has 0 aliphatic carbocycles. The van der Waals surface area contributed by atoms with Crippen LogP contribution in [0.1, 0.15) is 6.23 Å². The van der Waals surface area contributed by atoms with Gasteiger partial charge in [0.05, 0.1) is 26.1 Å². The van der Waals surface area contributed by atoms with Crippen LogP contribution in [-0.4, -0.2) is 49.7 Å². The largest absolute Gasteiger partial charge is 1.00 e. The van der Waals surface area contributed by atoms with Gasteiger partial charge in [-0.05, 0) is 12.1 Å². The maximum Gasteiger partial charge on any atom is 1.00 e. The second-order valence-electron chi connectivity index (χ2n) is 7.23. The molecule has 4 heterocycles. The molecule has 1 aliphatic rings. The molecule has 0 bridgehead atoms. The molecule has 1 fully saturated rings. The van der Waals surface area contributed by atoms with Crippen molar-refractivity contribution in [2.45, 2.75) is 24.5 Å². The van der Waals surface area contributed by atoms with Crippen molar-refractivity contribution in [2.75, 3.05) is 12.3 Å². The molecule has 0 amide bonds. The van der Waals surface area contributed by atoms with Gasteiger partial charge < -0.3 is 58.3 Å². The van der Waals surface area contributed by atoms with Crippen LogP contribution in [0.15, 0.2) is 35.3 Å². The molecule has 6 atom stereocenters. The van der Waals surface area contributed by atoms with Crippen molar-refractivity contribution >= 4 is 40.3 Å². The van der Waals surface area contributed by atoms with Gasteiger partial charge in [-0.25, -0.2) is 14.3 Å². The molecule has 198 valence electrons. The molecule has 2 unspecified atom stereocenters. The van der Waals surface area contributed by atoms with Crippen LogP contribution in [0.2, 0.25) is 0 Å². The third kappa shape index (κ3) is 10.3. The van der Waals surface area contributed by atoms with Gasteiger partial charge in [0.1, 0.15) is 41.9 Å². The van der Waals surface area contributed by atoms with Gasteiger partial charge in [0.25, 0.3) is 15.6 Å². The van der Waals surface area contributed by atoms with Crippen LogP contribution in [-0.2, 0) is 31.6 Å². The molecular weight excluding hydrogens is 645 g/mol. The van der Waals surface area contributed by atoms with Gasteiger partial charge in [-0.3, -0.25) is 13.4 Å². The van der Waals surface area contributed by atoms with E-state index >= 15 is 0 Å². The smallest absolute Gasteiger partial charge is 0.790 e. The molecule has 3 aromatic heterocycles. The van der Waals surface area contributed by atoms with Gasteiger partial charge >= 0.3 is 118 Å². The third-order valence-electron chi connectivity index (χ3n) is 4.83. The van der Waals surface area contributed by atoms with Gasteiger partial charge in [0.15, 0.2) is 6.23 Å². The van der Waals surface area contributed by atoms with E-state index in [-0.39, 0.29) is 130 Å². The number of hydrogen-bond acceptors (Lipinski definition) is 17. The predicted octanol–water partition coefficient (Wildman–Crippen LogP) is -14.3. The van der Waals surface area contributed by atoms with Crippen LogP contribution in [0.5, 0.6) is 0 Å². The number of phosphoric acid groups is 3. The van der Waals surface area contributed by atoms with Gasteiger partial charge in [-0.1, -0.05) is 0 Å². The van der Waals surface area contributed by atoms with Crippen LogP contribution in [0.3, 0.4) is 0 Å². The van der Waals surface area contributed by atoms with Gasteiger partial charge in [-0.2, -0.15) is 0 Å². The maximum absolute atomic E-state index is 11.8. The number of ether oxygens (including phenoxy) is 1. The zero-order chi connectivity index (χ0) is 26.5. The average molecular weight is 660 g/mol. The number of aromatic nitrogens is 3. The Hall–Kier alpha value is 1.99. The van der Waals surface area contributed by atoms with Crippen molar-refractivity contribution in [1.82, 2.24) is 14.5 Å². The van der Waals surface area contributed by atoms with Gasteiger partial charge in [0, 0.05) is 11.8 Å². The summed E-state index contributed by atoms with van der Waals surface area (Å²) in [4.78, 5) is 51.9. The summed E-state index contributed by atoms with van der Waals surface area (Å²) < 4.78 is 56.5. The number of anilines is 1. The summed E-state index contributed by atoms with van der Waals surface area (Å²) >= 11 is 0. The zero-order valence-electron chi connectivity index (χ0n) is 21.5. The van der Waals surface area contributed by atoms with Crippen molar-refractivity contribution in [3.8, 4) is 11.3 Å². The van der Waals surface area contributed by atoms with Crippen molar-refractivity contribution in [2.24, 2.45) is 0 Å². The second kappa shape index (κ2) is 16.5. The predicted molar refractivity (Wildman–Crippen MR) is 107 cm³/mol. The van der Waals surface area contributed by atoms with E-state index in [1.54, 1.807) is 12.1 Å². The fourth-order valence-corrected chi connectivity index (χ4v) is 6.33. The molecule has 18 nitrogen and oxygen atoms in total. The first kappa shape index (κ1) is 42.0. The van der Waals surface area contributed by atoms with E-state index in [2.05, 4.69) is 23.1 Å². The Labute approximate surface area is 314 Å². The number of aliphatic hydroxyl groups excluding tert-OH is 2. The summed E-state index contributed by atoms with van der Waals surface area (Å²) in [7, 11) is -18.2. The first-order chi connectivity index (χ1) is 16.7. The number of phosphoric ester groups is 1. The molecule has 4 rings (SSSR count). The van der Waals surface area contributed by atoms with Crippen LogP contribution in [0.25, 0.3) is 22.4 Å². The second-order valence-corrected chi connectivity index (χ2v) is 11.5. The molecule has 0 radical (unpaired) electrons. The van der Waals surface area contributed by atoms with E-state index in [1.165, 1.54) is 17.0 Å². The van der Waals surface area contributed by atoms with Crippen molar-refractivity contribution < 1.29 is 184 Å². The third-order valence-corrected chi connectivity index (χ3v) is 8.50. The Morgan fingerprint density at radius 3 is 2.23 bits per heavy atom. The summed E-state index contributed by atoms with van der Waals surface area (Å²) in [5, 5.41) is 21.2. The molecule has 1 saturated heterocycles. The number of nitrogens with zero attached hydrogens (tertiary/aromatic N) is 3. The number of furan rings is 1. The molecule has 40 heavy (non-hydrogen) atoms. The summed E-state index contributed by atoms with van der Waals surface area (Å²) in [5.41, 5.74) is 6.55. The Morgan fingerprint density at radius 1 is 1.00 bits per heavy atom. The molecule has 0 aromatic carbocycles. The van der Waals surface area contributed by atoms with E-state index in [9.17, 15) is 43.5 Å². The van der Waals surface area contributed by atoms with Crippen molar-refractivity contribution in [3.63, 3.8) is 0 Å². The Morgan fingerprint density at radius 2 is 1.65 bits per heavy atom. The fraction of sp³-hybridized carbons (Fsp3) is 0.333. The quantitative estimate of drug-likeness (QED) is 0.142. The van der Waals surface area contributed by atoms with Crippen LogP contribution >= 0.6 is 23.5 Å². The number of nitrogens with two attached hydrogens (primary N) is 1. The monoisotopic (exact) mass is 660 g/mol. The fourth-order valence-electron chi connectivity index (χ4n) is 3.47. The molecular formula is C15H15N4Na4O14P3. The average Bonchev–Trinajstić information content (AvgIpc) is 3.44. The van der Waals surface area contributed by atoms with E-state index in [4.69, 9.17) is 14.9 Å². The topological polar surface area (TPSA) is 291 Å². The summed E-state index contributed by atoms with van der Waals surface area (Å²) in [5.74, 6) is 0.426. The minimum atomic E-state index is -6.17.